The lowest BCUT2D eigenvalue weighted by Gasteiger charge is -2.13. The maximum atomic E-state index is 12.6. The molecule has 3 aromatic carbocycles. The molecule has 1 amide bonds. The van der Waals surface area contributed by atoms with Crippen LogP contribution >= 0.6 is 0 Å². The summed E-state index contributed by atoms with van der Waals surface area (Å²) in [6.07, 6.45) is 6.94. The SMILES string of the molecule is COc1ccc(/C=C/c2cc(OC)c(OC)c(OC)c2)c(NC(=O)/C=C/c2cccc(N)c2)c1. The summed E-state index contributed by atoms with van der Waals surface area (Å²) in [5.41, 5.74) is 9.50. The van der Waals surface area contributed by atoms with Gasteiger partial charge in [0.1, 0.15) is 5.75 Å². The Morgan fingerprint density at radius 3 is 2.15 bits per heavy atom. The lowest BCUT2D eigenvalue weighted by molar-refractivity contribution is -0.111. The van der Waals surface area contributed by atoms with E-state index >= 15 is 0 Å². The van der Waals surface area contributed by atoms with Crippen molar-refractivity contribution in [1.82, 2.24) is 0 Å². The smallest absolute Gasteiger partial charge is 0.248 e. The third-order valence-corrected chi connectivity index (χ3v) is 5.00. The summed E-state index contributed by atoms with van der Waals surface area (Å²) in [6, 6.07) is 16.4. The van der Waals surface area contributed by atoms with Gasteiger partial charge >= 0.3 is 0 Å². The van der Waals surface area contributed by atoms with Crippen molar-refractivity contribution in [3.05, 3.63) is 77.4 Å². The van der Waals surface area contributed by atoms with Crippen molar-refractivity contribution < 1.29 is 23.7 Å². The molecule has 7 nitrogen and oxygen atoms in total. The fourth-order valence-electron chi connectivity index (χ4n) is 3.31. The van der Waals surface area contributed by atoms with Gasteiger partial charge in [0.2, 0.25) is 11.7 Å². The lowest BCUT2D eigenvalue weighted by Crippen LogP contribution is -2.09. The highest BCUT2D eigenvalue weighted by Crippen LogP contribution is 2.38. The minimum Gasteiger partial charge on any atom is -0.497 e. The molecular weight excluding hydrogens is 432 g/mol. The van der Waals surface area contributed by atoms with Crippen LogP contribution in [-0.2, 0) is 4.79 Å². The zero-order chi connectivity index (χ0) is 24.5. The minimum absolute atomic E-state index is 0.280. The first-order chi connectivity index (χ1) is 16.5. The summed E-state index contributed by atoms with van der Waals surface area (Å²) in [5.74, 6) is 1.97. The van der Waals surface area contributed by atoms with Crippen LogP contribution in [-0.4, -0.2) is 34.3 Å². The molecule has 0 saturated heterocycles. The van der Waals surface area contributed by atoms with Crippen LogP contribution in [0.2, 0.25) is 0 Å². The highest BCUT2D eigenvalue weighted by molar-refractivity contribution is 6.03. The van der Waals surface area contributed by atoms with E-state index in [9.17, 15) is 4.79 Å². The Balaban J connectivity index is 1.87. The van der Waals surface area contributed by atoms with Crippen LogP contribution in [0.15, 0.2) is 60.7 Å². The second kappa shape index (κ2) is 11.5. The highest BCUT2D eigenvalue weighted by atomic mass is 16.5. The van der Waals surface area contributed by atoms with Gasteiger partial charge in [0, 0.05) is 17.8 Å². The molecule has 7 heteroatoms. The molecule has 0 aliphatic rings. The minimum atomic E-state index is -0.280. The van der Waals surface area contributed by atoms with Crippen molar-refractivity contribution in [2.24, 2.45) is 0 Å². The number of benzene rings is 3. The number of nitrogen functional groups attached to an aromatic ring is 1. The second-order valence-corrected chi connectivity index (χ2v) is 7.24. The van der Waals surface area contributed by atoms with Crippen molar-refractivity contribution in [2.45, 2.75) is 0 Å². The number of amides is 1. The first-order valence-electron chi connectivity index (χ1n) is 10.5. The van der Waals surface area contributed by atoms with Gasteiger partial charge in [-0.25, -0.2) is 0 Å². The molecule has 0 aromatic heterocycles. The predicted molar refractivity (Wildman–Crippen MR) is 137 cm³/mol. The summed E-state index contributed by atoms with van der Waals surface area (Å²) < 4.78 is 21.5. The molecule has 3 rings (SSSR count). The molecule has 0 radical (unpaired) electrons. The van der Waals surface area contributed by atoms with Crippen LogP contribution in [0.5, 0.6) is 23.0 Å². The molecule has 0 unspecified atom stereocenters. The summed E-state index contributed by atoms with van der Waals surface area (Å²) >= 11 is 0. The molecule has 0 heterocycles. The summed E-state index contributed by atoms with van der Waals surface area (Å²) in [6.45, 7) is 0. The maximum absolute atomic E-state index is 12.6. The molecule has 3 aromatic rings. The first-order valence-corrected chi connectivity index (χ1v) is 10.5. The number of carbonyl (C=O) groups excluding carboxylic acids is 1. The van der Waals surface area contributed by atoms with E-state index in [1.165, 1.54) is 6.08 Å². The van der Waals surface area contributed by atoms with Gasteiger partial charge < -0.3 is 30.0 Å². The van der Waals surface area contributed by atoms with Gasteiger partial charge in [-0.15, -0.1) is 0 Å². The molecule has 0 atom stereocenters. The Morgan fingerprint density at radius 2 is 1.53 bits per heavy atom. The van der Waals surface area contributed by atoms with Gasteiger partial charge in [0.15, 0.2) is 11.5 Å². The molecule has 3 N–H and O–H groups in total. The van der Waals surface area contributed by atoms with E-state index in [0.717, 1.165) is 16.7 Å². The first kappa shape index (κ1) is 24.3. The van der Waals surface area contributed by atoms with Gasteiger partial charge in [-0.3, -0.25) is 4.79 Å². The van der Waals surface area contributed by atoms with E-state index in [0.29, 0.717) is 34.4 Å². The number of rotatable bonds is 9. The number of nitrogens with two attached hydrogens (primary N) is 1. The van der Waals surface area contributed by atoms with Gasteiger partial charge in [0.25, 0.3) is 0 Å². The van der Waals surface area contributed by atoms with Crippen LogP contribution < -0.4 is 30.0 Å². The van der Waals surface area contributed by atoms with Crippen molar-refractivity contribution in [1.29, 1.82) is 0 Å². The molecule has 0 bridgehead atoms. The van der Waals surface area contributed by atoms with Crippen molar-refractivity contribution >= 4 is 35.5 Å². The molecule has 0 saturated carbocycles. The number of anilines is 2. The zero-order valence-corrected chi connectivity index (χ0v) is 19.6. The van der Waals surface area contributed by atoms with E-state index in [4.69, 9.17) is 24.7 Å². The van der Waals surface area contributed by atoms with E-state index in [1.807, 2.05) is 48.6 Å². The van der Waals surface area contributed by atoms with E-state index in [-0.39, 0.29) is 5.91 Å². The van der Waals surface area contributed by atoms with Crippen LogP contribution in [0.25, 0.3) is 18.2 Å². The van der Waals surface area contributed by atoms with Crippen molar-refractivity contribution in [2.75, 3.05) is 39.5 Å². The number of hydrogen-bond donors (Lipinski definition) is 2. The molecule has 176 valence electrons. The predicted octanol–water partition coefficient (Wildman–Crippen LogP) is 5.13. The molecule has 34 heavy (non-hydrogen) atoms. The third kappa shape index (κ3) is 6.10. The van der Waals surface area contributed by atoms with Gasteiger partial charge in [0.05, 0.1) is 34.1 Å². The third-order valence-electron chi connectivity index (χ3n) is 5.00. The average molecular weight is 461 g/mol. The maximum Gasteiger partial charge on any atom is 0.248 e. The Labute approximate surface area is 199 Å². The van der Waals surface area contributed by atoms with Crippen LogP contribution in [0.1, 0.15) is 16.7 Å². The Morgan fingerprint density at radius 1 is 0.794 bits per heavy atom. The van der Waals surface area contributed by atoms with Crippen LogP contribution in [0.3, 0.4) is 0 Å². The number of nitrogens with one attached hydrogen (secondary N) is 1. The highest BCUT2D eigenvalue weighted by Gasteiger charge is 2.12. The molecule has 0 aliphatic carbocycles. The number of methoxy groups -OCH3 is 4. The van der Waals surface area contributed by atoms with Gasteiger partial charge in [-0.1, -0.05) is 24.3 Å². The molecule has 0 fully saturated rings. The number of carbonyl (C=O) groups is 1. The average Bonchev–Trinajstić information content (AvgIpc) is 2.85. The summed E-state index contributed by atoms with van der Waals surface area (Å²) in [7, 11) is 6.27. The molecular formula is C27H28N2O5. The number of ether oxygens (including phenoxy) is 4. The Bertz CT molecular complexity index is 1190. The monoisotopic (exact) mass is 460 g/mol. The van der Waals surface area contributed by atoms with Crippen LogP contribution in [0, 0.1) is 0 Å². The molecule has 0 spiro atoms. The quantitative estimate of drug-likeness (QED) is 0.261. The topological polar surface area (TPSA) is 92.0 Å². The number of hydrogen-bond acceptors (Lipinski definition) is 6. The standard InChI is InChI=1S/C27H28N2O5/c1-31-22-12-11-20(10-8-19-15-24(32-2)27(34-4)25(16-19)33-3)23(17-22)29-26(30)13-9-18-6-5-7-21(28)14-18/h5-17H,28H2,1-4H3,(H,29,30)/b10-8+,13-9+. The van der Waals surface area contributed by atoms with Crippen molar-refractivity contribution in [3.63, 3.8) is 0 Å². The fraction of sp³-hybridized carbons (Fsp3) is 0.148. The Kier molecular flexibility index (Phi) is 8.18. The fourth-order valence-corrected chi connectivity index (χ4v) is 3.31. The van der Waals surface area contributed by atoms with Crippen molar-refractivity contribution in [3.8, 4) is 23.0 Å². The lowest BCUT2D eigenvalue weighted by atomic mass is 10.1. The summed E-state index contributed by atoms with van der Waals surface area (Å²) in [4.78, 5) is 12.6. The zero-order valence-electron chi connectivity index (χ0n) is 19.6. The summed E-state index contributed by atoms with van der Waals surface area (Å²) in [5, 5.41) is 2.91. The van der Waals surface area contributed by atoms with E-state index in [2.05, 4.69) is 5.32 Å². The van der Waals surface area contributed by atoms with Gasteiger partial charge in [-0.05, 0) is 59.2 Å². The largest absolute Gasteiger partial charge is 0.497 e. The second-order valence-electron chi connectivity index (χ2n) is 7.24. The normalized spacial score (nSPS) is 10.9. The molecule has 0 aliphatic heterocycles. The Hall–Kier alpha value is -4.39. The van der Waals surface area contributed by atoms with E-state index < -0.39 is 0 Å². The van der Waals surface area contributed by atoms with Gasteiger partial charge in [-0.2, -0.15) is 0 Å². The van der Waals surface area contributed by atoms with E-state index in [1.54, 1.807) is 52.7 Å². The van der Waals surface area contributed by atoms with Crippen LogP contribution in [0.4, 0.5) is 11.4 Å².